The Labute approximate surface area is 236 Å². The third kappa shape index (κ3) is 5.16. The minimum Gasteiger partial charge on any atom is -0.494 e. The fourth-order valence-corrected chi connectivity index (χ4v) is 6.25. The lowest BCUT2D eigenvalue weighted by molar-refractivity contribution is 0.122. The summed E-state index contributed by atoms with van der Waals surface area (Å²) in [6, 6.07) is 14.0. The highest BCUT2D eigenvalue weighted by Crippen LogP contribution is 2.39. The van der Waals surface area contributed by atoms with Crippen LogP contribution in [0.3, 0.4) is 0 Å². The van der Waals surface area contributed by atoms with E-state index >= 15 is 4.39 Å². The highest BCUT2D eigenvalue weighted by Gasteiger charge is 2.23. The van der Waals surface area contributed by atoms with Gasteiger partial charge in [-0.15, -0.1) is 0 Å². The molecule has 3 heterocycles. The molecule has 0 spiro atoms. The van der Waals surface area contributed by atoms with Gasteiger partial charge in [0.15, 0.2) is 11.6 Å². The summed E-state index contributed by atoms with van der Waals surface area (Å²) in [4.78, 5) is 12.1. The molecule has 0 amide bonds. The molecule has 2 aromatic heterocycles. The smallest absolute Gasteiger partial charge is 0.232 e. The van der Waals surface area contributed by atoms with E-state index < -0.39 is 15.8 Å². The van der Waals surface area contributed by atoms with E-state index in [9.17, 15) is 8.42 Å². The van der Waals surface area contributed by atoms with Crippen LogP contribution in [0.1, 0.15) is 13.3 Å². The quantitative estimate of drug-likeness (QED) is 0.265. The zero-order valence-electron chi connectivity index (χ0n) is 22.6. The fraction of sp³-hybridized carbons (Fsp3) is 0.276. The van der Waals surface area contributed by atoms with Gasteiger partial charge in [-0.05, 0) is 36.2 Å². The number of hydrogen-bond acceptors (Lipinski definition) is 8. The molecule has 3 aromatic carbocycles. The minimum absolute atomic E-state index is 0.102. The third-order valence-electron chi connectivity index (χ3n) is 7.05. The van der Waals surface area contributed by atoms with Crippen molar-refractivity contribution in [3.63, 3.8) is 0 Å². The average molecular weight is 577 g/mol. The van der Waals surface area contributed by atoms with E-state index in [0.29, 0.717) is 66.6 Å². The van der Waals surface area contributed by atoms with Crippen LogP contribution in [0.4, 0.5) is 15.9 Å². The van der Waals surface area contributed by atoms with Crippen molar-refractivity contribution in [2.45, 2.75) is 13.3 Å². The van der Waals surface area contributed by atoms with Crippen LogP contribution in [0.2, 0.25) is 0 Å². The topological polar surface area (TPSA) is 122 Å². The molecule has 12 heteroatoms. The van der Waals surface area contributed by atoms with E-state index in [4.69, 9.17) is 19.4 Å². The first kappa shape index (κ1) is 26.9. The Morgan fingerprint density at radius 3 is 2.63 bits per heavy atom. The van der Waals surface area contributed by atoms with Crippen molar-refractivity contribution in [3.8, 4) is 28.3 Å². The molecular weight excluding hydrogens is 547 g/mol. The normalized spacial score (nSPS) is 14.1. The van der Waals surface area contributed by atoms with Crippen molar-refractivity contribution >= 4 is 43.3 Å². The Morgan fingerprint density at radius 1 is 1.07 bits per heavy atom. The van der Waals surface area contributed by atoms with Crippen molar-refractivity contribution in [3.05, 3.63) is 60.5 Å². The SMILES string of the molecule is CCCS(=O)(=O)Nc1cccc(-c2cc(OC)c3nc(-c4cccc5[nH]ncc45)nc(N4CCOCC4)c3c2)c1F. The zero-order valence-corrected chi connectivity index (χ0v) is 23.5. The Morgan fingerprint density at radius 2 is 1.85 bits per heavy atom. The van der Waals surface area contributed by atoms with Gasteiger partial charge in [0.1, 0.15) is 17.1 Å². The summed E-state index contributed by atoms with van der Waals surface area (Å²) in [5, 5.41) is 8.74. The molecule has 41 heavy (non-hydrogen) atoms. The van der Waals surface area contributed by atoms with Crippen LogP contribution in [-0.4, -0.2) is 67.7 Å². The van der Waals surface area contributed by atoms with Gasteiger partial charge in [0.25, 0.3) is 0 Å². The number of rotatable bonds is 8. The second kappa shape index (κ2) is 10.9. The predicted octanol–water partition coefficient (Wildman–Crippen LogP) is 4.98. The molecule has 0 saturated carbocycles. The molecule has 6 rings (SSSR count). The Hall–Kier alpha value is -4.29. The van der Waals surface area contributed by atoms with Crippen LogP contribution in [0, 0.1) is 5.82 Å². The number of aromatic amines is 1. The van der Waals surface area contributed by atoms with E-state index in [1.54, 1.807) is 31.3 Å². The summed E-state index contributed by atoms with van der Waals surface area (Å²) in [7, 11) is -2.14. The number of aromatic nitrogens is 4. The van der Waals surface area contributed by atoms with Gasteiger partial charge >= 0.3 is 0 Å². The molecular formula is C29H29FN6O4S. The Bertz CT molecular complexity index is 1850. The van der Waals surface area contributed by atoms with E-state index in [-0.39, 0.29) is 17.0 Å². The summed E-state index contributed by atoms with van der Waals surface area (Å²) in [5.41, 5.74) is 2.88. The van der Waals surface area contributed by atoms with Crippen LogP contribution in [-0.2, 0) is 14.8 Å². The van der Waals surface area contributed by atoms with Gasteiger partial charge in [-0.2, -0.15) is 5.10 Å². The van der Waals surface area contributed by atoms with Crippen LogP contribution in [0.5, 0.6) is 5.75 Å². The van der Waals surface area contributed by atoms with Gasteiger partial charge in [-0.1, -0.05) is 31.2 Å². The Balaban J connectivity index is 1.55. The number of methoxy groups -OCH3 is 1. The zero-order chi connectivity index (χ0) is 28.6. The van der Waals surface area contributed by atoms with Gasteiger partial charge < -0.3 is 14.4 Å². The van der Waals surface area contributed by atoms with Crippen molar-refractivity contribution in [1.29, 1.82) is 0 Å². The van der Waals surface area contributed by atoms with Crippen molar-refractivity contribution < 1.29 is 22.3 Å². The maximum atomic E-state index is 15.8. The molecule has 10 nitrogen and oxygen atoms in total. The second-order valence-electron chi connectivity index (χ2n) is 9.77. The molecule has 1 aliphatic rings. The second-order valence-corrected chi connectivity index (χ2v) is 11.6. The molecule has 1 aliphatic heterocycles. The fourth-order valence-electron chi connectivity index (χ4n) is 5.12. The molecule has 5 aromatic rings. The number of halogens is 1. The molecule has 0 unspecified atom stereocenters. The van der Waals surface area contributed by atoms with Crippen molar-refractivity contribution in [1.82, 2.24) is 20.2 Å². The van der Waals surface area contributed by atoms with Crippen molar-refractivity contribution in [2.75, 3.05) is 48.8 Å². The van der Waals surface area contributed by atoms with Gasteiger partial charge in [0, 0.05) is 35.0 Å². The number of nitrogens with one attached hydrogen (secondary N) is 2. The molecule has 0 atom stereocenters. The van der Waals surface area contributed by atoms with Crippen LogP contribution < -0.4 is 14.4 Å². The number of fused-ring (bicyclic) bond motifs is 2. The lowest BCUT2D eigenvalue weighted by Crippen LogP contribution is -2.37. The van der Waals surface area contributed by atoms with Gasteiger partial charge in [-0.3, -0.25) is 9.82 Å². The summed E-state index contributed by atoms with van der Waals surface area (Å²) >= 11 is 0. The van der Waals surface area contributed by atoms with Crippen LogP contribution in [0.15, 0.2) is 54.7 Å². The highest BCUT2D eigenvalue weighted by atomic mass is 32.2. The number of hydrogen-bond donors (Lipinski definition) is 2. The summed E-state index contributed by atoms with van der Waals surface area (Å²) < 4.78 is 54.3. The number of morpholine rings is 1. The summed E-state index contributed by atoms with van der Waals surface area (Å²) in [6.45, 7) is 4.09. The lowest BCUT2D eigenvalue weighted by Gasteiger charge is -2.29. The van der Waals surface area contributed by atoms with Crippen LogP contribution in [0.25, 0.3) is 44.3 Å². The number of anilines is 2. The van der Waals surface area contributed by atoms with E-state index in [0.717, 1.165) is 16.5 Å². The predicted molar refractivity (Wildman–Crippen MR) is 157 cm³/mol. The van der Waals surface area contributed by atoms with Gasteiger partial charge in [0.05, 0.1) is 43.5 Å². The first-order valence-electron chi connectivity index (χ1n) is 13.3. The standard InChI is InChI=1S/C29H29FN6O4S/c1-3-14-41(37,38)35-24-9-4-6-19(26(24)30)18-15-21-27(25(16-18)39-2)32-28(33-29(21)36-10-12-40-13-11-36)20-7-5-8-23-22(20)17-31-34-23/h4-9,15-17,35H,3,10-14H2,1-2H3,(H,31,34). The molecule has 212 valence electrons. The molecule has 2 N–H and O–H groups in total. The largest absolute Gasteiger partial charge is 0.494 e. The first-order valence-corrected chi connectivity index (χ1v) is 15.0. The number of nitrogens with zero attached hydrogens (tertiary/aromatic N) is 4. The average Bonchev–Trinajstić information content (AvgIpc) is 3.47. The molecule has 0 radical (unpaired) electrons. The van der Waals surface area contributed by atoms with Crippen molar-refractivity contribution in [2.24, 2.45) is 0 Å². The number of H-pyrrole nitrogens is 1. The molecule has 0 aliphatic carbocycles. The Kier molecular flexibility index (Phi) is 7.18. The molecule has 1 saturated heterocycles. The van der Waals surface area contributed by atoms with E-state index in [1.165, 1.54) is 13.2 Å². The summed E-state index contributed by atoms with van der Waals surface area (Å²) in [6.07, 6.45) is 2.16. The number of sulfonamides is 1. The monoisotopic (exact) mass is 576 g/mol. The van der Waals surface area contributed by atoms with E-state index in [1.807, 2.05) is 24.3 Å². The third-order valence-corrected chi connectivity index (χ3v) is 8.53. The maximum absolute atomic E-state index is 15.8. The van der Waals surface area contributed by atoms with E-state index in [2.05, 4.69) is 19.8 Å². The van der Waals surface area contributed by atoms with Gasteiger partial charge in [-0.25, -0.2) is 22.8 Å². The number of ether oxygens (including phenoxy) is 2. The minimum atomic E-state index is -3.68. The first-order chi connectivity index (χ1) is 19.9. The highest BCUT2D eigenvalue weighted by molar-refractivity contribution is 7.92. The maximum Gasteiger partial charge on any atom is 0.232 e. The van der Waals surface area contributed by atoms with Crippen LogP contribution >= 0.6 is 0 Å². The molecule has 0 bridgehead atoms. The van der Waals surface area contributed by atoms with Gasteiger partial charge in [0.2, 0.25) is 10.0 Å². The lowest BCUT2D eigenvalue weighted by atomic mass is 10.0. The molecule has 1 fully saturated rings. The number of benzene rings is 3. The summed E-state index contributed by atoms with van der Waals surface area (Å²) in [5.74, 6) is 0.844.